The van der Waals surface area contributed by atoms with Crippen molar-refractivity contribution in [3.8, 4) is 11.5 Å². The Morgan fingerprint density at radius 3 is 2.76 bits per heavy atom. The van der Waals surface area contributed by atoms with Gasteiger partial charge in [0, 0.05) is 18.7 Å². The van der Waals surface area contributed by atoms with Gasteiger partial charge in [-0.1, -0.05) is 0 Å². The second-order valence-electron chi connectivity index (χ2n) is 4.77. The summed E-state index contributed by atoms with van der Waals surface area (Å²) in [7, 11) is 0. The Morgan fingerprint density at radius 2 is 2.10 bits per heavy atom. The van der Waals surface area contributed by atoms with E-state index in [0.717, 1.165) is 0 Å². The summed E-state index contributed by atoms with van der Waals surface area (Å²) < 4.78 is 11.2. The van der Waals surface area contributed by atoms with Crippen molar-refractivity contribution >= 4 is 40.2 Å². The third kappa shape index (κ3) is 2.94. The number of benzene rings is 1. The number of carbonyl (C=O) groups is 2. The van der Waals surface area contributed by atoms with Crippen LogP contribution in [0.1, 0.15) is 16.8 Å². The minimum Gasteiger partial charge on any atom is -0.481 e. The van der Waals surface area contributed by atoms with Crippen molar-refractivity contribution in [2.45, 2.75) is 6.42 Å². The van der Waals surface area contributed by atoms with Crippen molar-refractivity contribution in [2.24, 2.45) is 5.92 Å². The number of hydrogen-bond acceptors (Lipinski definition) is 4. The van der Waals surface area contributed by atoms with Crippen molar-refractivity contribution in [1.29, 1.82) is 0 Å². The molecule has 114 valence electrons. The lowest BCUT2D eigenvalue weighted by Gasteiger charge is -2.16. The number of carboxylic acid groups (broad SMARTS) is 1. The average Bonchev–Trinajstić information content (AvgIpc) is 3.06. The van der Waals surface area contributed by atoms with Crippen molar-refractivity contribution in [3.63, 3.8) is 0 Å². The Bertz CT molecular complexity index is 594. The molecule has 2 aliphatic rings. The highest BCUT2D eigenvalue weighted by atomic mass is 79.9. The van der Waals surface area contributed by atoms with Gasteiger partial charge in [0.1, 0.15) is 0 Å². The zero-order valence-electron chi connectivity index (χ0n) is 10.9. The summed E-state index contributed by atoms with van der Waals surface area (Å²) in [5.41, 5.74) is 0.465. The standard InChI is InChI=1S/C13H12BrNO5.ClH/c14-9-3-8(4-10-11(9)20-6-19-10)12(16)15-2-1-7(5-15)13(17)18;/h3-4,7H,1-2,5-6H2,(H,17,18);1H. The van der Waals surface area contributed by atoms with Gasteiger partial charge in [-0.15, -0.1) is 12.4 Å². The van der Waals surface area contributed by atoms with Crippen molar-refractivity contribution in [3.05, 3.63) is 22.2 Å². The zero-order chi connectivity index (χ0) is 14.3. The predicted molar refractivity (Wildman–Crippen MR) is 79.2 cm³/mol. The second kappa shape index (κ2) is 6.11. The Kier molecular flexibility index (Phi) is 4.63. The number of hydrogen-bond donors (Lipinski definition) is 1. The summed E-state index contributed by atoms with van der Waals surface area (Å²) >= 11 is 3.34. The highest BCUT2D eigenvalue weighted by Gasteiger charge is 2.32. The summed E-state index contributed by atoms with van der Waals surface area (Å²) in [6.07, 6.45) is 0.493. The normalized spacial score (nSPS) is 19.3. The summed E-state index contributed by atoms with van der Waals surface area (Å²) in [6.45, 7) is 0.846. The molecule has 0 aromatic heterocycles. The molecular weight excluding hydrogens is 366 g/mol. The lowest BCUT2D eigenvalue weighted by Crippen LogP contribution is -2.29. The number of likely N-dealkylation sites (tertiary alicyclic amines) is 1. The first-order valence-corrected chi connectivity index (χ1v) is 6.97. The summed E-state index contributed by atoms with van der Waals surface area (Å²) in [4.78, 5) is 24.9. The lowest BCUT2D eigenvalue weighted by atomic mass is 10.1. The van der Waals surface area contributed by atoms with Gasteiger partial charge in [-0.25, -0.2) is 0 Å². The molecule has 0 bridgehead atoms. The van der Waals surface area contributed by atoms with E-state index in [1.807, 2.05) is 0 Å². The molecule has 21 heavy (non-hydrogen) atoms. The molecule has 0 aliphatic carbocycles. The highest BCUT2D eigenvalue weighted by molar-refractivity contribution is 9.10. The van der Waals surface area contributed by atoms with E-state index >= 15 is 0 Å². The van der Waals surface area contributed by atoms with E-state index in [0.29, 0.717) is 34.5 Å². The molecule has 0 spiro atoms. The van der Waals surface area contributed by atoms with Gasteiger partial charge in [0.25, 0.3) is 5.91 Å². The molecule has 8 heteroatoms. The lowest BCUT2D eigenvalue weighted by molar-refractivity contribution is -0.141. The molecule has 1 unspecified atom stereocenters. The van der Waals surface area contributed by atoms with Crippen LogP contribution in [0.2, 0.25) is 0 Å². The molecule has 1 fully saturated rings. The Morgan fingerprint density at radius 1 is 1.33 bits per heavy atom. The predicted octanol–water partition coefficient (Wildman–Crippen LogP) is 2.15. The molecule has 2 heterocycles. The van der Waals surface area contributed by atoms with Crippen LogP contribution in [-0.4, -0.2) is 41.8 Å². The fourth-order valence-corrected chi connectivity index (χ4v) is 2.98. The number of ether oxygens (including phenoxy) is 2. The summed E-state index contributed by atoms with van der Waals surface area (Å²) in [5, 5.41) is 8.97. The third-order valence-corrected chi connectivity index (χ3v) is 4.09. The number of halogens is 2. The number of nitrogens with zero attached hydrogens (tertiary/aromatic N) is 1. The van der Waals surface area contributed by atoms with Gasteiger partial charge in [-0.3, -0.25) is 9.59 Å². The number of carboxylic acids is 1. The summed E-state index contributed by atoms with van der Waals surface area (Å²) in [5.74, 6) is -0.403. The maximum atomic E-state index is 12.4. The molecule has 1 atom stereocenters. The van der Waals surface area contributed by atoms with Crippen LogP contribution in [0.5, 0.6) is 11.5 Å². The Labute approximate surface area is 135 Å². The maximum Gasteiger partial charge on any atom is 0.308 e. The first-order chi connectivity index (χ1) is 9.56. The number of amides is 1. The quantitative estimate of drug-likeness (QED) is 0.853. The molecule has 1 aromatic rings. The van der Waals surface area contributed by atoms with Crippen LogP contribution in [-0.2, 0) is 4.79 Å². The molecule has 1 N–H and O–H groups in total. The fraction of sp³-hybridized carbons (Fsp3) is 0.385. The van der Waals surface area contributed by atoms with E-state index in [1.165, 1.54) is 0 Å². The van der Waals surface area contributed by atoms with Crippen LogP contribution in [0.4, 0.5) is 0 Å². The third-order valence-electron chi connectivity index (χ3n) is 3.50. The molecule has 3 rings (SSSR count). The van der Waals surface area contributed by atoms with E-state index in [2.05, 4.69) is 15.9 Å². The van der Waals surface area contributed by atoms with Crippen LogP contribution in [0.25, 0.3) is 0 Å². The highest BCUT2D eigenvalue weighted by Crippen LogP contribution is 2.40. The van der Waals surface area contributed by atoms with Crippen molar-refractivity contribution in [1.82, 2.24) is 4.90 Å². The average molecular weight is 379 g/mol. The van der Waals surface area contributed by atoms with Crippen molar-refractivity contribution in [2.75, 3.05) is 19.9 Å². The molecule has 0 radical (unpaired) electrons. The van der Waals surface area contributed by atoms with E-state index in [1.54, 1.807) is 17.0 Å². The van der Waals surface area contributed by atoms with E-state index in [9.17, 15) is 9.59 Å². The molecule has 1 amide bonds. The Hall–Kier alpha value is -1.47. The number of rotatable bonds is 2. The zero-order valence-corrected chi connectivity index (χ0v) is 13.3. The van der Waals surface area contributed by atoms with E-state index in [4.69, 9.17) is 14.6 Å². The molecule has 2 aliphatic heterocycles. The van der Waals surface area contributed by atoms with E-state index < -0.39 is 11.9 Å². The topological polar surface area (TPSA) is 76.1 Å². The number of carbonyl (C=O) groups excluding carboxylic acids is 1. The van der Waals surface area contributed by atoms with Gasteiger partial charge in [0.2, 0.25) is 6.79 Å². The van der Waals surface area contributed by atoms with Gasteiger partial charge in [-0.2, -0.15) is 0 Å². The van der Waals surface area contributed by atoms with Crippen LogP contribution in [0.15, 0.2) is 16.6 Å². The van der Waals surface area contributed by atoms with Crippen LogP contribution >= 0.6 is 28.3 Å². The minimum absolute atomic E-state index is 0. The largest absolute Gasteiger partial charge is 0.481 e. The molecular formula is C13H13BrClNO5. The van der Waals surface area contributed by atoms with Crippen LogP contribution in [0, 0.1) is 5.92 Å². The number of fused-ring (bicyclic) bond motifs is 1. The van der Waals surface area contributed by atoms with Crippen LogP contribution < -0.4 is 9.47 Å². The molecule has 1 saturated heterocycles. The van der Waals surface area contributed by atoms with Gasteiger partial charge in [-0.05, 0) is 34.5 Å². The first-order valence-electron chi connectivity index (χ1n) is 6.17. The second-order valence-corrected chi connectivity index (χ2v) is 5.62. The van der Waals surface area contributed by atoms with Gasteiger partial charge in [0.05, 0.1) is 10.4 Å². The molecule has 6 nitrogen and oxygen atoms in total. The SMILES string of the molecule is Cl.O=C(O)C1CCN(C(=O)c2cc(Br)c3c(c2)OCO3)C1. The monoisotopic (exact) mass is 377 g/mol. The molecule has 1 aromatic carbocycles. The van der Waals surface area contributed by atoms with Gasteiger partial charge >= 0.3 is 5.97 Å². The number of aliphatic carboxylic acids is 1. The first kappa shape index (κ1) is 15.9. The fourth-order valence-electron chi connectivity index (χ4n) is 2.42. The van der Waals surface area contributed by atoms with E-state index in [-0.39, 0.29) is 31.7 Å². The smallest absolute Gasteiger partial charge is 0.308 e. The van der Waals surface area contributed by atoms with Crippen LogP contribution in [0.3, 0.4) is 0 Å². The minimum atomic E-state index is -0.854. The van der Waals surface area contributed by atoms with Gasteiger partial charge < -0.3 is 19.5 Å². The summed E-state index contributed by atoms with van der Waals surface area (Å²) in [6, 6.07) is 3.30. The Balaban J connectivity index is 0.00000161. The van der Waals surface area contributed by atoms with Gasteiger partial charge in [0.15, 0.2) is 11.5 Å². The van der Waals surface area contributed by atoms with Crippen molar-refractivity contribution < 1.29 is 24.2 Å². The molecule has 0 saturated carbocycles. The maximum absolute atomic E-state index is 12.4.